The van der Waals surface area contributed by atoms with E-state index in [2.05, 4.69) is 41.5 Å². The fourth-order valence-corrected chi connectivity index (χ4v) is 4.56. The molecule has 0 spiro atoms. The van der Waals surface area contributed by atoms with Crippen LogP contribution in [0.2, 0.25) is 0 Å². The highest BCUT2D eigenvalue weighted by Crippen LogP contribution is 2.64. The van der Waals surface area contributed by atoms with E-state index in [9.17, 15) is 4.79 Å². The highest BCUT2D eigenvalue weighted by atomic mass is 16.1. The molecule has 0 aromatic rings. The molecule has 92 valence electrons. The number of ketones is 1. The Balaban J connectivity index is 2.43. The van der Waals surface area contributed by atoms with Crippen molar-refractivity contribution >= 4 is 5.78 Å². The van der Waals surface area contributed by atoms with Gasteiger partial charge in [0.15, 0.2) is 0 Å². The van der Waals surface area contributed by atoms with Gasteiger partial charge in [-0.05, 0) is 35.0 Å². The van der Waals surface area contributed by atoms with E-state index in [1.807, 2.05) is 0 Å². The van der Waals surface area contributed by atoms with E-state index in [1.165, 1.54) is 6.42 Å². The third-order valence-electron chi connectivity index (χ3n) is 5.94. The van der Waals surface area contributed by atoms with E-state index in [0.29, 0.717) is 34.9 Å². The molecule has 0 aromatic carbocycles. The summed E-state index contributed by atoms with van der Waals surface area (Å²) in [5.41, 5.74) is 0.504. The maximum atomic E-state index is 12.3. The lowest BCUT2D eigenvalue weighted by atomic mass is 9.65. The van der Waals surface area contributed by atoms with Crippen molar-refractivity contribution in [3.8, 4) is 0 Å². The first-order chi connectivity index (χ1) is 7.19. The molecular weight excluding hydrogens is 196 g/mol. The third kappa shape index (κ3) is 1.39. The smallest absolute Gasteiger partial charge is 0.137 e. The van der Waals surface area contributed by atoms with Crippen LogP contribution in [0.1, 0.15) is 54.4 Å². The Labute approximate surface area is 100.0 Å². The molecule has 4 unspecified atom stereocenters. The third-order valence-corrected chi connectivity index (χ3v) is 5.94. The van der Waals surface area contributed by atoms with Gasteiger partial charge in [0.1, 0.15) is 5.78 Å². The van der Waals surface area contributed by atoms with Gasteiger partial charge in [-0.15, -0.1) is 0 Å². The average Bonchev–Trinajstić information content (AvgIpc) is 2.25. The van der Waals surface area contributed by atoms with Crippen LogP contribution in [-0.4, -0.2) is 5.78 Å². The van der Waals surface area contributed by atoms with Crippen LogP contribution in [0.15, 0.2) is 0 Å². The van der Waals surface area contributed by atoms with Gasteiger partial charge >= 0.3 is 0 Å². The van der Waals surface area contributed by atoms with Gasteiger partial charge in [-0.1, -0.05) is 41.5 Å². The van der Waals surface area contributed by atoms with Gasteiger partial charge in [0.25, 0.3) is 0 Å². The van der Waals surface area contributed by atoms with Crippen molar-refractivity contribution in [3.05, 3.63) is 0 Å². The second-order valence-electron chi connectivity index (χ2n) is 7.46. The average molecular weight is 222 g/mol. The summed E-state index contributed by atoms with van der Waals surface area (Å²) < 4.78 is 0. The molecule has 0 N–H and O–H groups in total. The molecule has 2 saturated carbocycles. The molecular formula is C15H26O. The topological polar surface area (TPSA) is 17.1 Å². The van der Waals surface area contributed by atoms with Crippen molar-refractivity contribution in [1.29, 1.82) is 0 Å². The van der Waals surface area contributed by atoms with Crippen LogP contribution in [0.4, 0.5) is 0 Å². The summed E-state index contributed by atoms with van der Waals surface area (Å²) in [7, 11) is 0. The van der Waals surface area contributed by atoms with E-state index in [0.717, 1.165) is 6.42 Å². The minimum atomic E-state index is 0.186. The summed E-state index contributed by atoms with van der Waals surface area (Å²) in [4.78, 5) is 12.3. The molecule has 2 rings (SSSR count). The van der Waals surface area contributed by atoms with Crippen molar-refractivity contribution < 1.29 is 4.79 Å². The first kappa shape index (κ1) is 12.1. The van der Waals surface area contributed by atoms with Crippen LogP contribution in [0.25, 0.3) is 0 Å². The van der Waals surface area contributed by atoms with Gasteiger partial charge < -0.3 is 0 Å². The second kappa shape index (κ2) is 3.34. The van der Waals surface area contributed by atoms with Crippen LogP contribution in [-0.2, 0) is 4.79 Å². The molecule has 0 aliphatic heterocycles. The maximum absolute atomic E-state index is 12.3. The molecule has 2 aliphatic carbocycles. The lowest BCUT2D eigenvalue weighted by Gasteiger charge is -2.38. The van der Waals surface area contributed by atoms with Crippen molar-refractivity contribution in [2.75, 3.05) is 0 Å². The molecule has 1 nitrogen and oxygen atoms in total. The maximum Gasteiger partial charge on any atom is 0.137 e. The first-order valence-electron chi connectivity index (χ1n) is 6.71. The molecule has 16 heavy (non-hydrogen) atoms. The van der Waals surface area contributed by atoms with Crippen molar-refractivity contribution in [3.63, 3.8) is 0 Å². The van der Waals surface area contributed by atoms with Crippen molar-refractivity contribution in [1.82, 2.24) is 0 Å². The predicted octanol–water partition coefficient (Wildman–Crippen LogP) is 3.92. The lowest BCUT2D eigenvalue weighted by Crippen LogP contribution is -2.38. The largest absolute Gasteiger partial charge is 0.299 e. The minimum absolute atomic E-state index is 0.186. The Morgan fingerprint density at radius 3 is 2.19 bits per heavy atom. The van der Waals surface area contributed by atoms with Gasteiger partial charge in [0.2, 0.25) is 0 Å². The van der Waals surface area contributed by atoms with Crippen LogP contribution in [0.3, 0.4) is 0 Å². The van der Waals surface area contributed by atoms with Crippen LogP contribution in [0, 0.1) is 34.5 Å². The lowest BCUT2D eigenvalue weighted by molar-refractivity contribution is -0.131. The number of rotatable bonds is 0. The fourth-order valence-electron chi connectivity index (χ4n) is 4.56. The number of carbonyl (C=O) groups excluding carboxylic acids is 1. The summed E-state index contributed by atoms with van der Waals surface area (Å²) in [5.74, 6) is 2.67. The summed E-state index contributed by atoms with van der Waals surface area (Å²) in [6.07, 6.45) is 2.06. The minimum Gasteiger partial charge on any atom is -0.299 e. The highest BCUT2D eigenvalue weighted by molar-refractivity contribution is 5.83. The Hall–Kier alpha value is -0.330. The van der Waals surface area contributed by atoms with Crippen LogP contribution in [0.5, 0.6) is 0 Å². The summed E-state index contributed by atoms with van der Waals surface area (Å²) in [5, 5.41) is 0. The normalized spacial score (nSPS) is 45.5. The Kier molecular flexibility index (Phi) is 2.53. The summed E-state index contributed by atoms with van der Waals surface area (Å²) >= 11 is 0. The number of hydrogen-bond acceptors (Lipinski definition) is 1. The predicted molar refractivity (Wildman–Crippen MR) is 67.1 cm³/mol. The quantitative estimate of drug-likeness (QED) is 0.607. The van der Waals surface area contributed by atoms with Crippen molar-refractivity contribution in [2.24, 2.45) is 34.5 Å². The van der Waals surface area contributed by atoms with E-state index >= 15 is 0 Å². The van der Waals surface area contributed by atoms with Crippen molar-refractivity contribution in [2.45, 2.75) is 54.4 Å². The summed E-state index contributed by atoms with van der Waals surface area (Å²) in [6, 6.07) is 0. The molecule has 2 fully saturated rings. The van der Waals surface area contributed by atoms with Gasteiger partial charge in [-0.2, -0.15) is 0 Å². The van der Waals surface area contributed by atoms with Gasteiger partial charge in [0, 0.05) is 12.3 Å². The molecule has 2 aliphatic rings. The monoisotopic (exact) mass is 222 g/mol. The molecule has 0 radical (unpaired) electrons. The Bertz CT molecular complexity index is 313. The number of Topliss-reactive ketones (excluding diaryl/α,β-unsaturated/α-hetero) is 1. The Morgan fingerprint density at radius 2 is 1.62 bits per heavy atom. The molecule has 4 atom stereocenters. The van der Waals surface area contributed by atoms with Gasteiger partial charge in [-0.25, -0.2) is 0 Å². The number of fused-ring (bicyclic) bond motifs is 1. The van der Waals surface area contributed by atoms with Gasteiger partial charge in [-0.3, -0.25) is 4.79 Å². The van der Waals surface area contributed by atoms with Crippen LogP contribution < -0.4 is 0 Å². The Morgan fingerprint density at radius 1 is 1.06 bits per heavy atom. The molecule has 0 heterocycles. The zero-order valence-corrected chi connectivity index (χ0v) is 11.6. The number of carbonyl (C=O) groups is 1. The van der Waals surface area contributed by atoms with Crippen LogP contribution >= 0.6 is 0 Å². The van der Waals surface area contributed by atoms with E-state index < -0.39 is 0 Å². The van der Waals surface area contributed by atoms with Gasteiger partial charge in [0.05, 0.1) is 0 Å². The highest BCUT2D eigenvalue weighted by Gasteiger charge is 2.60. The van der Waals surface area contributed by atoms with E-state index in [-0.39, 0.29) is 5.41 Å². The fraction of sp³-hybridized carbons (Fsp3) is 0.933. The molecule has 0 amide bonds. The zero-order chi connectivity index (χ0) is 12.3. The molecule has 1 heteroatoms. The SMILES string of the molecule is CC1CC(=O)C2C(C1)C(C)(C)C(C)C2(C)C. The van der Waals surface area contributed by atoms with E-state index in [1.54, 1.807) is 0 Å². The number of hydrogen-bond donors (Lipinski definition) is 0. The molecule has 0 bridgehead atoms. The molecule has 0 saturated heterocycles. The first-order valence-corrected chi connectivity index (χ1v) is 6.71. The molecule has 0 aromatic heterocycles. The van der Waals surface area contributed by atoms with E-state index in [4.69, 9.17) is 0 Å². The standard InChI is InChI=1S/C15H26O/c1-9-7-11-13(12(16)8-9)15(5,6)10(2)14(11,3)4/h9-11,13H,7-8H2,1-6H3. The summed E-state index contributed by atoms with van der Waals surface area (Å²) in [6.45, 7) is 13.9. The second-order valence-corrected chi connectivity index (χ2v) is 7.46. The zero-order valence-electron chi connectivity index (χ0n) is 11.6.